The van der Waals surface area contributed by atoms with E-state index in [1.165, 1.54) is 31.4 Å². The fraction of sp³-hybridized carbons (Fsp3) is 0.227. The summed E-state index contributed by atoms with van der Waals surface area (Å²) in [7, 11) is 1.50. The number of rotatable bonds is 7. The van der Waals surface area contributed by atoms with Crippen molar-refractivity contribution in [2.24, 2.45) is 0 Å². The average Bonchev–Trinajstić information content (AvgIpc) is 2.75. The highest BCUT2D eigenvalue weighted by Crippen LogP contribution is 2.30. The van der Waals surface area contributed by atoms with Crippen LogP contribution in [-0.4, -0.2) is 41.6 Å². The number of methoxy groups -OCH3 is 1. The Labute approximate surface area is 184 Å². The van der Waals surface area contributed by atoms with Crippen molar-refractivity contribution in [2.45, 2.75) is 19.9 Å². The molecule has 0 aliphatic carbocycles. The molecular formula is C22H21ClN2O6. The minimum atomic E-state index is -0.818. The average molecular weight is 445 g/mol. The second-order valence-corrected chi connectivity index (χ2v) is 7.16. The maximum Gasteiger partial charge on any atom is 0.331 e. The summed E-state index contributed by atoms with van der Waals surface area (Å²) in [5.41, 5.74) is 0.816. The molecule has 0 aromatic heterocycles. The molecule has 1 saturated heterocycles. The minimum absolute atomic E-state index is 0.0726. The summed E-state index contributed by atoms with van der Waals surface area (Å²) in [5, 5.41) is 11.8. The van der Waals surface area contributed by atoms with Crippen molar-refractivity contribution in [3.8, 4) is 17.2 Å². The van der Waals surface area contributed by atoms with Crippen LogP contribution in [0.1, 0.15) is 24.5 Å². The standard InChI is InChI=1S/C22H21ClN2O6/c1-3-8-31-18-7-5-14(11-19(18)30-2)12-25-21(28)15(20(27)24-22(25)29)9-13-4-6-17(26)16(23)10-13/h4-7,9-11,26H,3,8,12H2,1-2H3,(H,24,27,29)/b15-9+. The normalized spacial score (nSPS) is 15.3. The molecule has 162 valence electrons. The highest BCUT2D eigenvalue weighted by atomic mass is 35.5. The molecule has 0 spiro atoms. The Morgan fingerprint density at radius 3 is 2.58 bits per heavy atom. The van der Waals surface area contributed by atoms with Gasteiger partial charge in [0.15, 0.2) is 11.5 Å². The Morgan fingerprint density at radius 2 is 1.90 bits per heavy atom. The number of hydrogen-bond acceptors (Lipinski definition) is 6. The Bertz CT molecular complexity index is 1070. The Morgan fingerprint density at radius 1 is 1.13 bits per heavy atom. The zero-order chi connectivity index (χ0) is 22.5. The number of aromatic hydroxyl groups is 1. The summed E-state index contributed by atoms with van der Waals surface area (Å²) in [6.45, 7) is 2.44. The third-order valence-electron chi connectivity index (χ3n) is 4.50. The van der Waals surface area contributed by atoms with E-state index in [1.54, 1.807) is 18.2 Å². The molecule has 2 N–H and O–H groups in total. The molecule has 4 amide bonds. The summed E-state index contributed by atoms with van der Waals surface area (Å²) in [6, 6.07) is 8.52. The number of hydrogen-bond donors (Lipinski definition) is 2. The van der Waals surface area contributed by atoms with Gasteiger partial charge in [-0.05, 0) is 47.9 Å². The van der Waals surface area contributed by atoms with Crippen LogP contribution in [0.5, 0.6) is 17.2 Å². The molecule has 2 aromatic rings. The lowest BCUT2D eigenvalue weighted by Gasteiger charge is -2.26. The van der Waals surface area contributed by atoms with Gasteiger partial charge in [-0.1, -0.05) is 30.7 Å². The lowest BCUT2D eigenvalue weighted by Crippen LogP contribution is -2.53. The van der Waals surface area contributed by atoms with Gasteiger partial charge in [-0.2, -0.15) is 0 Å². The zero-order valence-electron chi connectivity index (χ0n) is 17.0. The minimum Gasteiger partial charge on any atom is -0.506 e. The van der Waals surface area contributed by atoms with E-state index in [-0.39, 0.29) is 22.9 Å². The van der Waals surface area contributed by atoms with Gasteiger partial charge in [0.05, 0.1) is 25.3 Å². The fourth-order valence-electron chi connectivity index (χ4n) is 2.94. The summed E-state index contributed by atoms with van der Waals surface area (Å²) >= 11 is 5.89. The van der Waals surface area contributed by atoms with E-state index in [0.29, 0.717) is 29.2 Å². The van der Waals surface area contributed by atoms with Gasteiger partial charge in [0.1, 0.15) is 11.3 Å². The first-order valence-corrected chi connectivity index (χ1v) is 9.89. The molecule has 2 aromatic carbocycles. The van der Waals surface area contributed by atoms with Crippen molar-refractivity contribution >= 4 is 35.5 Å². The first-order chi connectivity index (χ1) is 14.8. The van der Waals surface area contributed by atoms with Crippen LogP contribution < -0.4 is 14.8 Å². The summed E-state index contributed by atoms with van der Waals surface area (Å²) < 4.78 is 10.9. The maximum absolute atomic E-state index is 12.9. The molecule has 1 aliphatic rings. The van der Waals surface area contributed by atoms with Crippen LogP contribution in [0.15, 0.2) is 42.0 Å². The van der Waals surface area contributed by atoms with Crippen molar-refractivity contribution in [2.75, 3.05) is 13.7 Å². The summed E-state index contributed by atoms with van der Waals surface area (Å²) in [6.07, 6.45) is 2.15. The number of phenols is 1. The number of ether oxygens (including phenoxy) is 2. The lowest BCUT2D eigenvalue weighted by atomic mass is 10.1. The van der Waals surface area contributed by atoms with Gasteiger partial charge >= 0.3 is 6.03 Å². The van der Waals surface area contributed by atoms with Gasteiger partial charge < -0.3 is 14.6 Å². The van der Waals surface area contributed by atoms with Crippen LogP contribution in [0.3, 0.4) is 0 Å². The number of benzene rings is 2. The van der Waals surface area contributed by atoms with Gasteiger partial charge in [-0.25, -0.2) is 4.79 Å². The predicted octanol–water partition coefficient (Wildman–Crippen LogP) is 3.51. The Kier molecular flexibility index (Phi) is 6.81. The Balaban J connectivity index is 1.86. The number of nitrogens with one attached hydrogen (secondary N) is 1. The molecule has 0 saturated carbocycles. The molecule has 3 rings (SSSR count). The quantitative estimate of drug-likeness (QED) is 0.500. The highest BCUT2D eigenvalue weighted by Gasteiger charge is 2.35. The number of halogens is 1. The van der Waals surface area contributed by atoms with E-state index in [9.17, 15) is 19.5 Å². The van der Waals surface area contributed by atoms with Gasteiger partial charge in [0.2, 0.25) is 0 Å². The molecular weight excluding hydrogens is 424 g/mol. The topological polar surface area (TPSA) is 105 Å². The van der Waals surface area contributed by atoms with Crippen molar-refractivity contribution in [1.29, 1.82) is 0 Å². The predicted molar refractivity (Wildman–Crippen MR) is 114 cm³/mol. The smallest absolute Gasteiger partial charge is 0.331 e. The second kappa shape index (κ2) is 9.53. The summed E-state index contributed by atoms with van der Waals surface area (Å²) in [4.78, 5) is 38.4. The zero-order valence-corrected chi connectivity index (χ0v) is 17.7. The van der Waals surface area contributed by atoms with Crippen molar-refractivity contribution in [3.63, 3.8) is 0 Å². The fourth-order valence-corrected chi connectivity index (χ4v) is 3.13. The lowest BCUT2D eigenvalue weighted by molar-refractivity contribution is -0.130. The molecule has 0 bridgehead atoms. The highest BCUT2D eigenvalue weighted by molar-refractivity contribution is 6.33. The first-order valence-electron chi connectivity index (χ1n) is 9.51. The maximum atomic E-state index is 12.9. The molecule has 9 heteroatoms. The monoisotopic (exact) mass is 444 g/mol. The van der Waals surface area contributed by atoms with Crippen molar-refractivity contribution in [1.82, 2.24) is 10.2 Å². The van der Waals surface area contributed by atoms with Crippen molar-refractivity contribution < 1.29 is 29.0 Å². The van der Waals surface area contributed by atoms with Crippen LogP contribution in [0.25, 0.3) is 6.08 Å². The molecule has 31 heavy (non-hydrogen) atoms. The van der Waals surface area contributed by atoms with Crippen molar-refractivity contribution in [3.05, 3.63) is 58.1 Å². The van der Waals surface area contributed by atoms with Crippen LogP contribution in [0, 0.1) is 0 Å². The number of carbonyl (C=O) groups excluding carboxylic acids is 3. The van der Waals surface area contributed by atoms with E-state index in [0.717, 1.165) is 11.3 Å². The number of barbiturate groups is 1. The molecule has 0 atom stereocenters. The Hall–Kier alpha value is -3.52. The number of imide groups is 2. The van der Waals surface area contributed by atoms with Gasteiger partial charge in [0.25, 0.3) is 11.8 Å². The molecule has 1 heterocycles. The number of phenolic OH excluding ortho intramolecular Hbond substituents is 1. The van der Waals surface area contributed by atoms with Crippen LogP contribution in [0.4, 0.5) is 4.79 Å². The van der Waals surface area contributed by atoms with E-state index < -0.39 is 17.8 Å². The molecule has 1 fully saturated rings. The SMILES string of the molecule is CCCOc1ccc(CN2C(=O)NC(=O)/C(=C\c3ccc(O)c(Cl)c3)C2=O)cc1OC. The number of amides is 4. The first kappa shape index (κ1) is 22.2. The van der Waals surface area contributed by atoms with E-state index >= 15 is 0 Å². The number of nitrogens with zero attached hydrogens (tertiary/aromatic N) is 1. The molecule has 1 aliphatic heterocycles. The molecule has 8 nitrogen and oxygen atoms in total. The van der Waals surface area contributed by atoms with Crippen LogP contribution in [0.2, 0.25) is 5.02 Å². The van der Waals surface area contributed by atoms with Crippen LogP contribution in [-0.2, 0) is 16.1 Å². The third-order valence-corrected chi connectivity index (χ3v) is 4.80. The summed E-state index contributed by atoms with van der Waals surface area (Å²) in [5.74, 6) is -0.649. The van der Waals surface area contributed by atoms with E-state index in [1.807, 2.05) is 6.92 Å². The van der Waals surface area contributed by atoms with E-state index in [2.05, 4.69) is 5.32 Å². The third kappa shape index (κ3) is 4.97. The number of carbonyl (C=O) groups is 3. The second-order valence-electron chi connectivity index (χ2n) is 6.75. The van der Waals surface area contributed by atoms with Gasteiger partial charge in [-0.3, -0.25) is 19.8 Å². The van der Waals surface area contributed by atoms with Gasteiger partial charge in [0, 0.05) is 0 Å². The van der Waals surface area contributed by atoms with E-state index in [4.69, 9.17) is 21.1 Å². The largest absolute Gasteiger partial charge is 0.506 e. The van der Waals surface area contributed by atoms with Gasteiger partial charge in [-0.15, -0.1) is 0 Å². The molecule has 0 radical (unpaired) electrons. The molecule has 0 unspecified atom stereocenters. The number of urea groups is 1. The van der Waals surface area contributed by atoms with Crippen LogP contribution >= 0.6 is 11.6 Å².